The minimum Gasteiger partial charge on any atom is -0.396 e. The van der Waals surface area contributed by atoms with Crippen LogP contribution in [0.25, 0.3) is 33.8 Å². The van der Waals surface area contributed by atoms with Gasteiger partial charge in [-0.3, -0.25) is 4.90 Å². The molecule has 9 aromatic carbocycles. The number of likely N-dealkylation sites (tertiary alicyclic amines) is 1. The Morgan fingerprint density at radius 2 is 0.761 bits per heavy atom. The minimum atomic E-state index is -0.846. The quantitative estimate of drug-likeness (QED) is 0.0536. The molecule has 17 rings (SSSR count). The molecular formula is C90H87ClF4N12O2. The van der Waals surface area contributed by atoms with Crippen LogP contribution in [0.15, 0.2) is 225 Å². The van der Waals surface area contributed by atoms with Gasteiger partial charge < -0.3 is 35.6 Å². The third kappa shape index (κ3) is 17.9. The minimum absolute atomic E-state index is 0.0845. The summed E-state index contributed by atoms with van der Waals surface area (Å²) >= 11 is 6.16. The van der Waals surface area contributed by atoms with Gasteiger partial charge in [0, 0.05) is 135 Å². The molecule has 3 aliphatic carbocycles. The molecule has 4 N–H and O–H groups in total. The first-order valence-corrected chi connectivity index (χ1v) is 38.2. The van der Waals surface area contributed by atoms with Gasteiger partial charge in [0.25, 0.3) is 0 Å². The molecule has 2 saturated heterocycles. The molecule has 5 heterocycles. The average molecular weight is 1480 g/mol. The SMILES string of the molecule is COCCN1CCN(CCc2ccc(Nc3ncc4c(n3)-c3ccccc3C(c3ccc(Cl)cc3)C4)cc2)CC1.Fc1ccc(C2Cc3cnc(Nc4ccc(CCN5CCCCC5)cc4)nc3-c3ccccc32)cc1F.OCCc1ccc(Nc2ncc3c(n2)-c2ccccc2C(c2ccc(F)c(F)c2)C3)cc1. The zero-order chi connectivity index (χ0) is 74.6. The lowest BCUT2D eigenvalue weighted by molar-refractivity contribution is 0.0976. The Hall–Kier alpha value is -10.6. The van der Waals surface area contributed by atoms with Crippen LogP contribution in [0.1, 0.15) is 104 Å². The van der Waals surface area contributed by atoms with Crippen molar-refractivity contribution in [3.8, 4) is 33.8 Å². The van der Waals surface area contributed by atoms with Crippen LogP contribution in [-0.2, 0) is 43.3 Å². The summed E-state index contributed by atoms with van der Waals surface area (Å²) in [6.45, 7) is 11.1. The van der Waals surface area contributed by atoms with Gasteiger partial charge in [-0.1, -0.05) is 151 Å². The summed E-state index contributed by atoms with van der Waals surface area (Å²) in [5.41, 5.74) is 21.6. The lowest BCUT2D eigenvalue weighted by atomic mass is 9.78. The second-order valence-corrected chi connectivity index (χ2v) is 29.1. The summed E-state index contributed by atoms with van der Waals surface area (Å²) in [7, 11) is 1.77. The summed E-state index contributed by atoms with van der Waals surface area (Å²) in [6.07, 6.45) is 14.5. The van der Waals surface area contributed by atoms with Crippen molar-refractivity contribution in [2.24, 2.45) is 0 Å². The largest absolute Gasteiger partial charge is 0.396 e. The van der Waals surface area contributed by atoms with Crippen LogP contribution < -0.4 is 16.0 Å². The van der Waals surface area contributed by atoms with E-state index < -0.39 is 23.3 Å². The number of anilines is 6. The van der Waals surface area contributed by atoms with E-state index in [0.29, 0.717) is 37.1 Å². The van der Waals surface area contributed by atoms with Gasteiger partial charge in [0.05, 0.1) is 23.7 Å². The van der Waals surface area contributed by atoms with Crippen molar-refractivity contribution in [1.29, 1.82) is 0 Å². The van der Waals surface area contributed by atoms with Crippen LogP contribution in [0.4, 0.5) is 52.5 Å². The number of benzene rings is 9. The summed E-state index contributed by atoms with van der Waals surface area (Å²) in [4.78, 5) is 36.0. The Balaban J connectivity index is 0.000000131. The molecule has 0 radical (unpaired) electrons. The van der Waals surface area contributed by atoms with Crippen molar-refractivity contribution < 1.29 is 27.4 Å². The number of hydrogen-bond acceptors (Lipinski definition) is 14. The second kappa shape index (κ2) is 34.8. The molecule has 3 aromatic heterocycles. The number of nitrogens with zero attached hydrogens (tertiary/aromatic N) is 9. The number of hydrogen-bond donors (Lipinski definition) is 4. The van der Waals surface area contributed by atoms with Gasteiger partial charge in [-0.05, 0) is 204 Å². The predicted molar refractivity (Wildman–Crippen MR) is 426 cm³/mol. The van der Waals surface area contributed by atoms with E-state index in [0.717, 1.165) is 161 Å². The molecule has 109 heavy (non-hydrogen) atoms. The monoisotopic (exact) mass is 1480 g/mol. The van der Waals surface area contributed by atoms with Crippen molar-refractivity contribution in [2.45, 2.75) is 75.5 Å². The second-order valence-electron chi connectivity index (χ2n) is 28.7. The fraction of sp³-hybridized carbons (Fsp3) is 0.267. The number of piperidine rings is 1. The lowest BCUT2D eigenvalue weighted by Crippen LogP contribution is -2.47. The van der Waals surface area contributed by atoms with Crippen molar-refractivity contribution >= 4 is 46.5 Å². The van der Waals surface area contributed by atoms with Gasteiger partial charge in [0.2, 0.25) is 17.8 Å². The van der Waals surface area contributed by atoms with E-state index >= 15 is 0 Å². The maximum atomic E-state index is 14.0. The highest BCUT2D eigenvalue weighted by molar-refractivity contribution is 6.30. The molecule has 14 nitrogen and oxygen atoms in total. The average Bonchev–Trinajstić information content (AvgIpc) is 0.772. The zero-order valence-electron chi connectivity index (χ0n) is 61.0. The number of aliphatic hydroxyl groups excluding tert-OH is 1. The maximum absolute atomic E-state index is 14.0. The molecule has 554 valence electrons. The zero-order valence-corrected chi connectivity index (χ0v) is 61.8. The third-order valence-corrected chi connectivity index (χ3v) is 21.8. The number of rotatable bonds is 20. The van der Waals surface area contributed by atoms with Crippen LogP contribution in [0.5, 0.6) is 0 Å². The summed E-state index contributed by atoms with van der Waals surface area (Å²) < 4.78 is 60.2. The number of aromatic nitrogens is 6. The molecule has 2 aliphatic heterocycles. The number of nitrogens with one attached hydrogen (secondary N) is 3. The van der Waals surface area contributed by atoms with Crippen LogP contribution in [0.3, 0.4) is 0 Å². The Morgan fingerprint density at radius 3 is 1.15 bits per heavy atom. The molecule has 19 heteroatoms. The van der Waals surface area contributed by atoms with E-state index in [-0.39, 0.29) is 24.4 Å². The number of halogens is 5. The highest BCUT2D eigenvalue weighted by Gasteiger charge is 2.32. The molecule has 12 aromatic rings. The van der Waals surface area contributed by atoms with Gasteiger partial charge in [-0.2, -0.15) is 0 Å². The number of methoxy groups -OCH3 is 1. The van der Waals surface area contributed by atoms with Crippen LogP contribution >= 0.6 is 11.6 Å². The standard InChI is InChI=1S/C33H36ClN5O.C31H30F2N4.C26H21F2N3O/c1-40-21-20-39-18-16-38(17-19-39)15-14-24-6-12-28(13-7-24)36-33-35-23-26-22-31(25-8-10-27(34)11-9-25)29-4-2-3-5-30(29)32(26)37-33;32-28-13-10-22(19-29(28)33)27-18-23-20-34-31(36-30(23)26-7-3-2-6-25(26)27)35-24-11-8-21(9-12-24)14-17-37-15-4-1-5-16-37;27-23-10-7-17(14-24(23)28)22-13-18-15-29-26(30-19-8-5-16(6-9-19)11-12-32)31-25(18)21-4-2-1-3-20(21)22/h2-13,23,31H,14-22H2,1H3,(H,35,36,37);2-3,6-13,19-20,27H,1,4-5,14-18H2,(H,34,35,36);1-10,14-15,22,32H,11-13H2,(H,29,30,31). The first-order valence-electron chi connectivity index (χ1n) is 37.8. The Bertz CT molecular complexity index is 5100. The van der Waals surface area contributed by atoms with E-state index in [9.17, 15) is 17.6 Å². The third-order valence-electron chi connectivity index (χ3n) is 21.6. The van der Waals surface area contributed by atoms with Crippen molar-refractivity contribution in [1.82, 2.24) is 44.6 Å². The Morgan fingerprint density at radius 1 is 0.404 bits per heavy atom. The van der Waals surface area contributed by atoms with E-state index in [1.54, 1.807) is 25.4 Å². The van der Waals surface area contributed by atoms with Crippen LogP contribution in [-0.4, -0.2) is 129 Å². The van der Waals surface area contributed by atoms with Crippen molar-refractivity contribution in [3.63, 3.8) is 0 Å². The number of ether oxygens (including phenoxy) is 1. The van der Waals surface area contributed by atoms with Crippen LogP contribution in [0, 0.1) is 23.3 Å². The fourth-order valence-electron chi connectivity index (χ4n) is 15.6. The fourth-order valence-corrected chi connectivity index (χ4v) is 15.8. The van der Waals surface area contributed by atoms with E-state index in [4.69, 9.17) is 36.4 Å². The van der Waals surface area contributed by atoms with Gasteiger partial charge in [0.15, 0.2) is 23.3 Å². The van der Waals surface area contributed by atoms with Gasteiger partial charge in [0.1, 0.15) is 0 Å². The van der Waals surface area contributed by atoms with E-state index in [1.807, 2.05) is 97.3 Å². The number of aliphatic hydroxyl groups is 1. The summed E-state index contributed by atoms with van der Waals surface area (Å²) in [5, 5.41) is 19.8. The topological polar surface area (TPSA) is 153 Å². The summed E-state index contributed by atoms with van der Waals surface area (Å²) in [5.74, 6) is -1.62. The summed E-state index contributed by atoms with van der Waals surface area (Å²) in [6, 6.07) is 65.9. The highest BCUT2D eigenvalue weighted by atomic mass is 35.5. The Kier molecular flexibility index (Phi) is 23.6. The smallest absolute Gasteiger partial charge is 0.227 e. The molecule has 0 bridgehead atoms. The van der Waals surface area contributed by atoms with E-state index in [1.165, 1.54) is 90.0 Å². The molecule has 0 spiro atoms. The normalized spacial score (nSPS) is 16.4. The molecule has 5 aliphatic rings. The lowest BCUT2D eigenvalue weighted by Gasteiger charge is -2.34. The van der Waals surface area contributed by atoms with Crippen LogP contribution in [0.2, 0.25) is 5.02 Å². The van der Waals surface area contributed by atoms with E-state index in [2.05, 4.69) is 131 Å². The number of fused-ring (bicyclic) bond motifs is 9. The molecule has 0 saturated carbocycles. The molecule has 3 atom stereocenters. The van der Waals surface area contributed by atoms with Crippen molar-refractivity contribution in [3.05, 3.63) is 320 Å². The molecule has 2 fully saturated rings. The Labute approximate surface area is 639 Å². The first kappa shape index (κ1) is 73.9. The van der Waals surface area contributed by atoms with Gasteiger partial charge >= 0.3 is 0 Å². The molecule has 3 unspecified atom stereocenters. The first-order chi connectivity index (χ1) is 53.4. The molecule has 0 amide bonds. The molecular weight excluding hydrogens is 1390 g/mol. The van der Waals surface area contributed by atoms with Gasteiger partial charge in [-0.25, -0.2) is 47.5 Å². The maximum Gasteiger partial charge on any atom is 0.227 e. The predicted octanol–water partition coefficient (Wildman–Crippen LogP) is 18.3. The highest BCUT2D eigenvalue weighted by Crippen LogP contribution is 2.46. The van der Waals surface area contributed by atoms with Crippen molar-refractivity contribution in [2.75, 3.05) is 95.2 Å². The van der Waals surface area contributed by atoms with Gasteiger partial charge in [-0.15, -0.1) is 0 Å². The number of piperazine rings is 1.